The van der Waals surface area contributed by atoms with Crippen LogP contribution in [0.3, 0.4) is 0 Å². The molecule has 0 aliphatic rings. The molecule has 1 aromatic heterocycles. The fourth-order valence-electron chi connectivity index (χ4n) is 1.86. The normalized spacial score (nSPS) is 10.5. The lowest BCUT2D eigenvalue weighted by Crippen LogP contribution is -1.97. The first kappa shape index (κ1) is 13.3. The van der Waals surface area contributed by atoms with E-state index in [2.05, 4.69) is 9.97 Å². The first-order valence-corrected chi connectivity index (χ1v) is 6.43. The second-order valence-electron chi connectivity index (χ2n) is 4.27. The van der Waals surface area contributed by atoms with Gasteiger partial charge in [-0.15, -0.1) is 0 Å². The number of nitrogens with zero attached hydrogens (tertiary/aromatic N) is 2. The van der Waals surface area contributed by atoms with Crippen LogP contribution < -0.4 is 4.74 Å². The zero-order valence-electron chi connectivity index (χ0n) is 10.7. The van der Waals surface area contributed by atoms with E-state index in [-0.39, 0.29) is 5.56 Å². The molecule has 0 aliphatic carbocycles. The third-order valence-electron chi connectivity index (χ3n) is 2.88. The van der Waals surface area contributed by atoms with Gasteiger partial charge in [-0.2, -0.15) is 0 Å². The topological polar surface area (TPSA) is 72.3 Å². The molecule has 0 radical (unpaired) electrons. The highest BCUT2D eigenvalue weighted by Crippen LogP contribution is 2.27. The molecule has 3 aromatic rings. The van der Waals surface area contributed by atoms with Gasteiger partial charge >= 0.3 is 5.97 Å². The number of aromatic nitrogens is 2. The number of carboxylic acids is 1. The molecule has 2 aromatic carbocycles. The molecule has 21 heavy (non-hydrogen) atoms. The Morgan fingerprint density at radius 3 is 2.57 bits per heavy atom. The Hall–Kier alpha value is -2.66. The molecule has 0 atom stereocenters. The van der Waals surface area contributed by atoms with E-state index in [9.17, 15) is 4.79 Å². The summed E-state index contributed by atoms with van der Waals surface area (Å²) >= 11 is 5.82. The van der Waals surface area contributed by atoms with Crippen molar-refractivity contribution in [2.75, 3.05) is 0 Å². The smallest absolute Gasteiger partial charge is 0.335 e. The standard InChI is InChI=1S/C15H9ClN2O3/c16-10-2-4-11(5-3-10)21-14-12-6-1-9(15(19)20)7-13(12)17-8-18-14/h1-8H,(H,19,20). The maximum Gasteiger partial charge on any atom is 0.335 e. The Balaban J connectivity index is 2.02. The van der Waals surface area contributed by atoms with E-state index in [0.717, 1.165) is 0 Å². The van der Waals surface area contributed by atoms with Crippen LogP contribution in [-0.2, 0) is 0 Å². The molecule has 0 saturated heterocycles. The predicted octanol–water partition coefficient (Wildman–Crippen LogP) is 3.77. The number of fused-ring (bicyclic) bond motifs is 1. The van der Waals surface area contributed by atoms with E-state index in [4.69, 9.17) is 21.4 Å². The average Bonchev–Trinajstić information content (AvgIpc) is 2.49. The van der Waals surface area contributed by atoms with Crippen molar-refractivity contribution in [2.45, 2.75) is 0 Å². The van der Waals surface area contributed by atoms with E-state index in [1.54, 1.807) is 30.3 Å². The molecule has 5 nitrogen and oxygen atoms in total. The van der Waals surface area contributed by atoms with Crippen molar-refractivity contribution < 1.29 is 14.6 Å². The van der Waals surface area contributed by atoms with E-state index < -0.39 is 5.97 Å². The zero-order valence-corrected chi connectivity index (χ0v) is 11.4. The van der Waals surface area contributed by atoms with Crippen molar-refractivity contribution in [3.8, 4) is 11.6 Å². The third kappa shape index (κ3) is 2.78. The maximum absolute atomic E-state index is 11.0. The summed E-state index contributed by atoms with van der Waals surface area (Å²) in [5, 5.41) is 10.2. The Bertz CT molecular complexity index is 819. The van der Waals surface area contributed by atoms with Gasteiger partial charge in [0.1, 0.15) is 12.1 Å². The van der Waals surface area contributed by atoms with Gasteiger partial charge in [-0.1, -0.05) is 11.6 Å². The molecule has 0 amide bonds. The van der Waals surface area contributed by atoms with Crippen molar-refractivity contribution in [2.24, 2.45) is 0 Å². The Morgan fingerprint density at radius 2 is 1.86 bits per heavy atom. The largest absolute Gasteiger partial charge is 0.478 e. The summed E-state index contributed by atoms with van der Waals surface area (Å²) in [6.45, 7) is 0. The second kappa shape index (κ2) is 5.38. The monoisotopic (exact) mass is 300 g/mol. The zero-order chi connectivity index (χ0) is 14.8. The Kier molecular flexibility index (Phi) is 3.41. The van der Waals surface area contributed by atoms with Gasteiger partial charge < -0.3 is 9.84 Å². The van der Waals surface area contributed by atoms with Gasteiger partial charge in [0.15, 0.2) is 0 Å². The molecule has 1 heterocycles. The van der Waals surface area contributed by atoms with Crippen molar-refractivity contribution in [3.05, 3.63) is 59.4 Å². The highest BCUT2D eigenvalue weighted by Gasteiger charge is 2.09. The summed E-state index contributed by atoms with van der Waals surface area (Å²) in [5.74, 6) is -0.0587. The van der Waals surface area contributed by atoms with E-state index >= 15 is 0 Å². The molecule has 0 aliphatic heterocycles. The van der Waals surface area contributed by atoms with Crippen LogP contribution in [-0.4, -0.2) is 21.0 Å². The van der Waals surface area contributed by atoms with Gasteiger partial charge in [0, 0.05) is 5.02 Å². The summed E-state index contributed by atoms with van der Waals surface area (Å²) in [4.78, 5) is 19.1. The van der Waals surface area contributed by atoms with Crippen molar-refractivity contribution in [1.82, 2.24) is 9.97 Å². The minimum Gasteiger partial charge on any atom is -0.478 e. The molecular weight excluding hydrogens is 292 g/mol. The first-order chi connectivity index (χ1) is 10.1. The van der Waals surface area contributed by atoms with E-state index in [1.807, 2.05) is 0 Å². The number of benzene rings is 2. The second-order valence-corrected chi connectivity index (χ2v) is 4.71. The summed E-state index contributed by atoms with van der Waals surface area (Å²) in [7, 11) is 0. The van der Waals surface area contributed by atoms with Crippen LogP contribution in [0.2, 0.25) is 5.02 Å². The predicted molar refractivity (Wildman–Crippen MR) is 78.0 cm³/mol. The van der Waals surface area contributed by atoms with Gasteiger partial charge in [-0.25, -0.2) is 14.8 Å². The number of carbonyl (C=O) groups is 1. The minimum atomic E-state index is -1.00. The number of carboxylic acid groups (broad SMARTS) is 1. The summed E-state index contributed by atoms with van der Waals surface area (Å²) in [6.07, 6.45) is 1.33. The number of hydrogen-bond donors (Lipinski definition) is 1. The van der Waals surface area contributed by atoms with Crippen LogP contribution in [0.25, 0.3) is 10.9 Å². The van der Waals surface area contributed by atoms with Crippen molar-refractivity contribution >= 4 is 28.5 Å². The quantitative estimate of drug-likeness (QED) is 0.797. The van der Waals surface area contributed by atoms with Crippen LogP contribution >= 0.6 is 11.6 Å². The molecule has 1 N–H and O–H groups in total. The fraction of sp³-hybridized carbons (Fsp3) is 0. The van der Waals surface area contributed by atoms with Gasteiger partial charge in [0.25, 0.3) is 0 Å². The molecule has 0 spiro atoms. The van der Waals surface area contributed by atoms with Gasteiger partial charge in [0.05, 0.1) is 16.5 Å². The maximum atomic E-state index is 11.0. The number of aromatic carboxylic acids is 1. The number of ether oxygens (including phenoxy) is 1. The lowest BCUT2D eigenvalue weighted by atomic mass is 10.1. The van der Waals surface area contributed by atoms with E-state index in [1.165, 1.54) is 18.5 Å². The molecule has 0 unspecified atom stereocenters. The molecular formula is C15H9ClN2O3. The summed E-state index contributed by atoms with van der Waals surface area (Å²) in [6, 6.07) is 11.5. The van der Waals surface area contributed by atoms with Crippen molar-refractivity contribution in [1.29, 1.82) is 0 Å². The number of halogens is 1. The minimum absolute atomic E-state index is 0.165. The summed E-state index contributed by atoms with van der Waals surface area (Å²) < 4.78 is 5.69. The van der Waals surface area contributed by atoms with Crippen molar-refractivity contribution in [3.63, 3.8) is 0 Å². The molecule has 0 bridgehead atoms. The number of hydrogen-bond acceptors (Lipinski definition) is 4. The molecule has 104 valence electrons. The Morgan fingerprint density at radius 1 is 1.10 bits per heavy atom. The molecule has 0 saturated carbocycles. The average molecular weight is 301 g/mol. The third-order valence-corrected chi connectivity index (χ3v) is 3.13. The first-order valence-electron chi connectivity index (χ1n) is 6.05. The summed E-state index contributed by atoms with van der Waals surface area (Å²) in [5.41, 5.74) is 0.674. The van der Waals surface area contributed by atoms with E-state index in [0.29, 0.717) is 27.6 Å². The van der Waals surface area contributed by atoms with Crippen LogP contribution in [0.5, 0.6) is 11.6 Å². The Labute approximate surface area is 124 Å². The van der Waals surface area contributed by atoms with Crippen LogP contribution in [0, 0.1) is 0 Å². The number of rotatable bonds is 3. The van der Waals surface area contributed by atoms with Crippen LogP contribution in [0.15, 0.2) is 48.8 Å². The molecule has 6 heteroatoms. The highest BCUT2D eigenvalue weighted by molar-refractivity contribution is 6.30. The fourth-order valence-corrected chi connectivity index (χ4v) is 1.99. The van der Waals surface area contributed by atoms with Gasteiger partial charge in [-0.3, -0.25) is 0 Å². The molecule has 0 fully saturated rings. The lowest BCUT2D eigenvalue weighted by Gasteiger charge is -2.07. The molecule has 3 rings (SSSR count). The lowest BCUT2D eigenvalue weighted by molar-refractivity contribution is 0.0697. The highest BCUT2D eigenvalue weighted by atomic mass is 35.5. The van der Waals surface area contributed by atoms with Gasteiger partial charge in [-0.05, 0) is 42.5 Å². The van der Waals surface area contributed by atoms with Crippen LogP contribution in [0.1, 0.15) is 10.4 Å². The van der Waals surface area contributed by atoms with Gasteiger partial charge in [0.2, 0.25) is 5.88 Å². The SMILES string of the molecule is O=C(O)c1ccc2c(Oc3ccc(Cl)cc3)ncnc2c1. The van der Waals surface area contributed by atoms with Crippen LogP contribution in [0.4, 0.5) is 0 Å².